The van der Waals surface area contributed by atoms with E-state index >= 15 is 0 Å². The molecule has 0 saturated heterocycles. The molecule has 0 fully saturated rings. The molecule has 1 N–H and O–H groups in total. The van der Waals surface area contributed by atoms with Crippen LogP contribution in [0.1, 0.15) is 43.4 Å². The van der Waals surface area contributed by atoms with E-state index in [4.69, 9.17) is 16.3 Å². The molecule has 166 valence electrons. The average Bonchev–Trinajstić information content (AvgIpc) is 2.79. The number of amides is 1. The molecule has 2 atom stereocenters. The maximum absolute atomic E-state index is 13.1. The lowest BCUT2D eigenvalue weighted by Gasteiger charge is -2.31. The molecule has 2 aromatic carbocycles. The van der Waals surface area contributed by atoms with Crippen LogP contribution < -0.4 is 5.32 Å². The van der Waals surface area contributed by atoms with Crippen molar-refractivity contribution in [2.24, 2.45) is 3.15 Å². The Kier molecular flexibility index (Phi) is 8.21. The van der Waals surface area contributed by atoms with Crippen LogP contribution in [0.2, 0.25) is 5.02 Å². The van der Waals surface area contributed by atoms with Crippen molar-refractivity contribution < 1.29 is 9.53 Å². The number of rotatable bonds is 8. The number of nitrogens with zero attached hydrogens (tertiary/aromatic N) is 2. The highest BCUT2D eigenvalue weighted by molar-refractivity contribution is 14.2. The monoisotopic (exact) mass is 561 g/mol. The first-order valence-corrected chi connectivity index (χ1v) is 12.8. The smallest absolute Gasteiger partial charge is 0.263 e. The van der Waals surface area contributed by atoms with Gasteiger partial charge >= 0.3 is 0 Å². The predicted octanol–water partition coefficient (Wildman–Crippen LogP) is 6.36. The second-order valence-corrected chi connectivity index (χ2v) is 10.2. The largest absolute Gasteiger partial charge is 0.461 e. The summed E-state index contributed by atoms with van der Waals surface area (Å²) in [6.45, 7) is 5.46. The van der Waals surface area contributed by atoms with Gasteiger partial charge in [0.1, 0.15) is 0 Å². The van der Waals surface area contributed by atoms with Crippen LogP contribution in [0.5, 0.6) is 0 Å². The number of carbonyl (C=O) groups excluding carboxylic acids is 1. The van der Waals surface area contributed by atoms with Crippen LogP contribution in [0.15, 0.2) is 73.8 Å². The summed E-state index contributed by atoms with van der Waals surface area (Å²) in [7, 11) is 0. The maximum Gasteiger partial charge on any atom is 0.263 e. The lowest BCUT2D eigenvalue weighted by Crippen LogP contribution is -2.49. The number of allylic oxidation sites excluding steroid dienone is 2. The highest BCUT2D eigenvalue weighted by Gasteiger charge is 2.33. The molecule has 3 rings (SSSR count). The van der Waals surface area contributed by atoms with E-state index < -0.39 is 26.6 Å². The van der Waals surface area contributed by atoms with Gasteiger partial charge in [-0.1, -0.05) is 35.9 Å². The standard InChI is InChI=1S/C25H25ClIN3O2/c1-17(29-24(31)25(2,3)32-23-8-5-13-27-30-23)22(15-18-9-11-21(26)12-10-18)20-7-4-6-19(14-20)16-28/h4-14,17,22H,15H2,1-3H3,(H,29,31). The van der Waals surface area contributed by atoms with Gasteiger partial charge in [0.05, 0.1) is 11.6 Å². The Labute approximate surface area is 204 Å². The third kappa shape index (κ3) is 6.50. The number of hydrogen-bond acceptors (Lipinski definition) is 4. The molecule has 2 aromatic rings. The van der Waals surface area contributed by atoms with Crippen LogP contribution in [-0.2, 0) is 16.0 Å². The molecule has 2 unspecified atom stereocenters. The van der Waals surface area contributed by atoms with Crippen molar-refractivity contribution in [2.45, 2.75) is 44.8 Å². The van der Waals surface area contributed by atoms with Crippen LogP contribution >= 0.6 is 32.6 Å². The molecule has 0 saturated carbocycles. The normalized spacial score (nSPS) is 15.0. The SMILES string of the molecule is CC(NC(=O)C(C)(C)OC1=CC=CI=N1)C(Cc1ccc(Cl)cc1)c1cccc(C#N)c1. The second kappa shape index (κ2) is 10.9. The fourth-order valence-electron chi connectivity index (χ4n) is 3.39. The van der Waals surface area contributed by atoms with E-state index in [1.165, 1.54) is 0 Å². The number of hydrogen-bond donors (Lipinski definition) is 1. The molecule has 0 spiro atoms. The van der Waals surface area contributed by atoms with Gasteiger partial charge < -0.3 is 10.1 Å². The van der Waals surface area contributed by atoms with Crippen molar-refractivity contribution in [1.29, 1.82) is 5.26 Å². The van der Waals surface area contributed by atoms with Crippen LogP contribution in [0, 0.1) is 11.3 Å². The lowest BCUT2D eigenvalue weighted by atomic mass is 9.85. The number of nitrogens with one attached hydrogen (secondary N) is 1. The minimum absolute atomic E-state index is 0.0448. The van der Waals surface area contributed by atoms with Crippen molar-refractivity contribution in [2.75, 3.05) is 0 Å². The summed E-state index contributed by atoms with van der Waals surface area (Å²) in [6, 6.07) is 17.2. The molecule has 0 aliphatic carbocycles. The van der Waals surface area contributed by atoms with E-state index in [9.17, 15) is 10.1 Å². The van der Waals surface area contributed by atoms with Gasteiger partial charge in [-0.15, -0.1) is 0 Å². The molecule has 1 amide bonds. The van der Waals surface area contributed by atoms with E-state index in [-0.39, 0.29) is 17.9 Å². The Morgan fingerprint density at radius 3 is 2.69 bits per heavy atom. The van der Waals surface area contributed by atoms with Gasteiger partial charge in [-0.25, -0.2) is 0 Å². The first kappa shape index (κ1) is 24.1. The third-order valence-corrected chi connectivity index (χ3v) is 6.92. The zero-order valence-corrected chi connectivity index (χ0v) is 21.1. The molecule has 0 bridgehead atoms. The summed E-state index contributed by atoms with van der Waals surface area (Å²) < 4.78 is 12.3. The quantitative estimate of drug-likeness (QED) is 0.381. The fraction of sp³-hybridized carbons (Fsp3) is 0.280. The maximum atomic E-state index is 13.1. The number of ether oxygens (including phenoxy) is 1. The lowest BCUT2D eigenvalue weighted by molar-refractivity contribution is -0.139. The average molecular weight is 562 g/mol. The summed E-state index contributed by atoms with van der Waals surface area (Å²) in [4.78, 5) is 13.1. The van der Waals surface area contributed by atoms with E-state index in [0.29, 0.717) is 22.9 Å². The van der Waals surface area contributed by atoms with Gasteiger partial charge in [-0.2, -0.15) is 8.41 Å². The van der Waals surface area contributed by atoms with Crippen LogP contribution in [0.3, 0.4) is 0 Å². The molecule has 5 nitrogen and oxygen atoms in total. The van der Waals surface area contributed by atoms with Gasteiger partial charge in [0, 0.05) is 44.1 Å². The number of benzene rings is 2. The highest BCUT2D eigenvalue weighted by atomic mass is 127. The van der Waals surface area contributed by atoms with E-state index in [1.54, 1.807) is 26.0 Å². The minimum atomic E-state index is -1.07. The summed E-state index contributed by atoms with van der Waals surface area (Å²) >= 11 is 5.63. The van der Waals surface area contributed by atoms with Crippen LogP contribution in [-0.4, -0.2) is 17.6 Å². The topological polar surface area (TPSA) is 74.5 Å². The Hall–Kier alpha value is -2.50. The molecule has 0 radical (unpaired) electrons. The summed E-state index contributed by atoms with van der Waals surface area (Å²) in [5.41, 5.74) is 1.61. The van der Waals surface area contributed by atoms with E-state index in [1.807, 2.05) is 59.5 Å². The van der Waals surface area contributed by atoms with E-state index in [2.05, 4.69) is 14.5 Å². The number of halogens is 2. The van der Waals surface area contributed by atoms with Crippen molar-refractivity contribution >= 4 is 38.5 Å². The van der Waals surface area contributed by atoms with Crippen molar-refractivity contribution in [3.05, 3.63) is 92.4 Å². The first-order chi connectivity index (χ1) is 15.3. The van der Waals surface area contributed by atoms with Gasteiger partial charge in [0.25, 0.3) is 5.91 Å². The molecule has 32 heavy (non-hydrogen) atoms. The molecular weight excluding hydrogens is 537 g/mol. The Bertz CT molecular complexity index is 1100. The zero-order chi connectivity index (χ0) is 23.1. The van der Waals surface area contributed by atoms with Crippen LogP contribution in [0.25, 0.3) is 0 Å². The highest BCUT2D eigenvalue weighted by Crippen LogP contribution is 2.28. The van der Waals surface area contributed by atoms with E-state index in [0.717, 1.165) is 11.1 Å². The number of carbonyl (C=O) groups is 1. The van der Waals surface area contributed by atoms with Gasteiger partial charge in [0.2, 0.25) is 5.88 Å². The summed E-state index contributed by atoms with van der Waals surface area (Å²) in [5.74, 6) is 0.232. The molecule has 1 aliphatic heterocycles. The van der Waals surface area contributed by atoms with Crippen molar-refractivity contribution in [3.63, 3.8) is 0 Å². The molecular formula is C25H25ClIN3O2. The molecule has 7 heteroatoms. The molecule has 1 heterocycles. The molecule has 0 aromatic heterocycles. The predicted molar refractivity (Wildman–Crippen MR) is 135 cm³/mol. The van der Waals surface area contributed by atoms with Crippen LogP contribution in [0.4, 0.5) is 0 Å². The van der Waals surface area contributed by atoms with Gasteiger partial charge in [-0.3, -0.25) is 4.79 Å². The zero-order valence-electron chi connectivity index (χ0n) is 18.2. The van der Waals surface area contributed by atoms with Crippen molar-refractivity contribution in [3.8, 4) is 6.07 Å². The minimum Gasteiger partial charge on any atom is -0.461 e. The fourth-order valence-corrected chi connectivity index (χ4v) is 4.61. The molecule has 1 aliphatic rings. The van der Waals surface area contributed by atoms with Gasteiger partial charge in [-0.05, 0) is 72.7 Å². The van der Waals surface area contributed by atoms with Crippen molar-refractivity contribution in [1.82, 2.24) is 5.32 Å². The first-order valence-electron chi connectivity index (χ1n) is 10.2. The van der Waals surface area contributed by atoms with Gasteiger partial charge in [0.15, 0.2) is 5.60 Å². The second-order valence-electron chi connectivity index (χ2n) is 8.05. The summed E-state index contributed by atoms with van der Waals surface area (Å²) in [6.07, 6.45) is 4.37. The summed E-state index contributed by atoms with van der Waals surface area (Å²) in [5, 5.41) is 13.1. The third-order valence-electron chi connectivity index (χ3n) is 5.18. The Morgan fingerprint density at radius 1 is 1.28 bits per heavy atom. The number of nitriles is 1. The Morgan fingerprint density at radius 2 is 2.03 bits per heavy atom. The Balaban J connectivity index is 1.81.